The Bertz CT molecular complexity index is 3150. The Balaban J connectivity index is 1.29. The molecule has 1 aromatic rings. The number of halogens is 4. The summed E-state index contributed by atoms with van der Waals surface area (Å²) in [6.07, 6.45) is 2.97. The topological polar surface area (TPSA) is 270 Å². The van der Waals surface area contributed by atoms with Gasteiger partial charge in [-0.25, -0.2) is 4.39 Å². The summed E-state index contributed by atoms with van der Waals surface area (Å²) in [6.45, 7) is 12.5. The molecule has 4 heterocycles. The van der Waals surface area contributed by atoms with Gasteiger partial charge in [-0.05, 0) is 125 Å². The van der Waals surface area contributed by atoms with Crippen LogP contribution in [0.1, 0.15) is 188 Å². The smallest absolute Gasteiger partial charge is 0.343 e. The van der Waals surface area contributed by atoms with Gasteiger partial charge in [0, 0.05) is 68.5 Å². The minimum absolute atomic E-state index is 0.00540. The van der Waals surface area contributed by atoms with E-state index in [9.17, 15) is 46.7 Å². The van der Waals surface area contributed by atoms with Crippen LogP contribution in [0.3, 0.4) is 0 Å². The molecule has 3 N–H and O–H groups in total. The molecule has 2 aliphatic carbocycles. The maximum Gasteiger partial charge on any atom is 0.419 e. The van der Waals surface area contributed by atoms with Crippen LogP contribution in [-0.2, 0) is 70.1 Å². The van der Waals surface area contributed by atoms with Gasteiger partial charge in [-0.3, -0.25) is 57.5 Å². The van der Waals surface area contributed by atoms with Gasteiger partial charge in [-0.2, -0.15) is 13.2 Å². The van der Waals surface area contributed by atoms with Crippen molar-refractivity contribution in [2.75, 3.05) is 75.0 Å². The summed E-state index contributed by atoms with van der Waals surface area (Å²) in [6, 6.07) is -8.88. The summed E-state index contributed by atoms with van der Waals surface area (Å²) in [4.78, 5) is 191. The molecule has 7 rings (SSSR count). The lowest BCUT2D eigenvalue weighted by molar-refractivity contribution is -0.160. The average Bonchev–Trinajstić information content (AvgIpc) is 1.14. The van der Waals surface area contributed by atoms with E-state index in [1.165, 1.54) is 83.5 Å². The predicted octanol–water partition coefficient (Wildman–Crippen LogP) is 5.52. The Hall–Kier alpha value is -7.42. The number of hydrogen-bond donors (Lipinski definition) is 3. The first-order chi connectivity index (χ1) is 47.0. The fraction of sp³-hybridized carbons (Fsp3) is 0.750. The summed E-state index contributed by atoms with van der Waals surface area (Å²) in [5.74, 6) is -10.7. The van der Waals surface area contributed by atoms with E-state index in [2.05, 4.69) is 16.0 Å². The highest BCUT2D eigenvalue weighted by Crippen LogP contribution is 2.37. The zero-order chi connectivity index (χ0) is 74.0. The number of carbonyl (C=O) groups excluding carboxylic acids is 12. The number of nitrogens with zero attached hydrogens (tertiary/aromatic N) is 9. The second-order valence-corrected chi connectivity index (χ2v) is 30.0. The van der Waals surface area contributed by atoms with Crippen LogP contribution in [0.5, 0.6) is 0 Å². The average molecular weight is 1410 g/mol. The second kappa shape index (κ2) is 34.5. The number of piperidine rings is 1. The molecule has 1 aromatic carbocycles. The molecule has 12 amide bonds. The van der Waals surface area contributed by atoms with Crippen LogP contribution in [0.25, 0.3) is 0 Å². The second-order valence-electron chi connectivity index (χ2n) is 30.0. The van der Waals surface area contributed by atoms with Crippen molar-refractivity contribution in [3.05, 3.63) is 35.1 Å². The first-order valence-electron chi connectivity index (χ1n) is 36.3. The highest BCUT2D eigenvalue weighted by atomic mass is 19.4. The number of amides is 12. The zero-order valence-electron chi connectivity index (χ0n) is 61.1. The molecule has 28 heteroatoms. The van der Waals surface area contributed by atoms with Crippen molar-refractivity contribution in [1.29, 1.82) is 0 Å². The summed E-state index contributed by atoms with van der Waals surface area (Å²) in [5.41, 5.74) is -3.05. The van der Waals surface area contributed by atoms with E-state index < -0.39 is 173 Å². The van der Waals surface area contributed by atoms with Crippen molar-refractivity contribution in [1.82, 2.24) is 60.0 Å². The first-order valence-corrected chi connectivity index (χ1v) is 36.3. The number of rotatable bonds is 11. The number of alkyl halides is 3. The molecule has 100 heavy (non-hydrogen) atoms. The van der Waals surface area contributed by atoms with Gasteiger partial charge < -0.3 is 60.0 Å². The van der Waals surface area contributed by atoms with Gasteiger partial charge in [0.25, 0.3) is 0 Å². The molecular weight excluding hydrogens is 1300 g/mol. The number of hydrogen-bond acceptors (Lipinski definition) is 12. The molecule has 0 radical (unpaired) electrons. The maximum atomic E-state index is 15.4. The SMILES string of the molecule is CC[C@H](C)[C@@H]1NC(=O)[C@H](CC(C)C)N(C)C(=O)C[C@@H](C(=O)N2CCCCC2)N(C)C(=O)[C@H](C(C)C)N(C)C(=O)C2(CCCC2)NC(=O)[C@@H]2CCCN2C(=O)[C@H](CCc2ccc(C(F)(F)F)c(F)c2)NC(=O)CN(C)C(=O)[C@H](CC2CCCCC2)N(C)C(=O)[C@@H]2CCN2C(=O)[C@H](C)N(C)C1=O. The van der Waals surface area contributed by atoms with Crippen LogP contribution in [-0.4, -0.2) is 250 Å². The monoisotopic (exact) mass is 1410 g/mol. The highest BCUT2D eigenvalue weighted by molar-refractivity contribution is 6.01. The minimum atomic E-state index is -5.00. The third kappa shape index (κ3) is 18.6. The van der Waals surface area contributed by atoms with Crippen molar-refractivity contribution < 1.29 is 75.1 Å². The molecule has 2 saturated carbocycles. The highest BCUT2D eigenvalue weighted by Gasteiger charge is 2.52. The lowest BCUT2D eigenvalue weighted by atomic mass is 9.84. The summed E-state index contributed by atoms with van der Waals surface area (Å²) >= 11 is 0. The van der Waals surface area contributed by atoms with Crippen LogP contribution in [0.2, 0.25) is 0 Å². The van der Waals surface area contributed by atoms with E-state index in [0.29, 0.717) is 63.7 Å². The van der Waals surface area contributed by atoms with E-state index in [0.717, 1.165) is 49.5 Å². The molecular formula is C72H110F4N12O12. The molecule has 6 fully saturated rings. The molecule has 4 aliphatic heterocycles. The van der Waals surface area contributed by atoms with E-state index in [1.54, 1.807) is 25.7 Å². The maximum absolute atomic E-state index is 15.4. The number of likely N-dealkylation sites (tertiary alicyclic amines) is 1. The van der Waals surface area contributed by atoms with Crippen molar-refractivity contribution in [2.24, 2.45) is 23.7 Å². The Kier molecular flexibility index (Phi) is 27.6. The number of likely N-dealkylation sites (N-methyl/N-ethyl adjacent to an activating group) is 6. The normalized spacial score (nSPS) is 27.8. The van der Waals surface area contributed by atoms with Gasteiger partial charge in [-0.15, -0.1) is 0 Å². The Morgan fingerprint density at radius 2 is 1.26 bits per heavy atom. The number of fused-ring (bicyclic) bond motifs is 2. The van der Waals surface area contributed by atoms with Gasteiger partial charge in [0.05, 0.1) is 18.5 Å². The quantitative estimate of drug-likeness (QED) is 0.231. The van der Waals surface area contributed by atoms with Gasteiger partial charge >= 0.3 is 6.18 Å². The first kappa shape index (κ1) is 79.9. The van der Waals surface area contributed by atoms with Crippen molar-refractivity contribution in [3.63, 3.8) is 0 Å². The molecule has 10 atom stereocenters. The molecule has 0 bridgehead atoms. The van der Waals surface area contributed by atoms with Crippen LogP contribution < -0.4 is 16.0 Å². The van der Waals surface area contributed by atoms with E-state index >= 15 is 28.4 Å². The third-order valence-corrected chi connectivity index (χ3v) is 22.2. The zero-order valence-corrected chi connectivity index (χ0v) is 61.1. The van der Waals surface area contributed by atoms with E-state index in [4.69, 9.17) is 0 Å². The third-order valence-electron chi connectivity index (χ3n) is 22.2. The van der Waals surface area contributed by atoms with Gasteiger partial charge in [0.1, 0.15) is 65.7 Å². The Morgan fingerprint density at radius 1 is 0.630 bits per heavy atom. The molecule has 0 aromatic heterocycles. The lowest BCUT2D eigenvalue weighted by Crippen LogP contribution is -2.65. The molecule has 558 valence electrons. The standard InChI is InChI=1S/C72H110F4N12O12/c1-14-45(6)59-68(98)81(9)46(7)63(93)88-37-31-53(88)66(96)83(11)55(40-47-24-17-15-18-25-47)65(95)80(8)42-57(89)77-51(30-28-48-27-29-49(50(73)39-48)72(74,75)76)64(94)87-36-23-26-52(87)62(92)79-71(32-19-20-33-71)70(100)85(13)60(44(4)5)69(99)84(12)56(67(97)86-34-21-16-22-35-86)41-58(90)82(10)54(38-43(2)3)61(91)78-59/h27,29,39,43-47,51-56,59-60H,14-26,28,30-38,40-42H2,1-13H3,(H,77,89)(H,78,91)(H,79,92)/t45-,46-,51-,52-,53-,54-,55-,56-,59-,60-/m0/s1. The van der Waals surface area contributed by atoms with Crippen molar-refractivity contribution >= 4 is 70.9 Å². The summed E-state index contributed by atoms with van der Waals surface area (Å²) in [7, 11) is 8.52. The molecule has 0 unspecified atom stereocenters. The predicted molar refractivity (Wildman–Crippen MR) is 364 cm³/mol. The molecule has 6 aliphatic rings. The Labute approximate surface area is 587 Å². The molecule has 1 spiro atoms. The largest absolute Gasteiger partial charge is 0.419 e. The van der Waals surface area contributed by atoms with Gasteiger partial charge in [-0.1, -0.05) is 99.0 Å². The minimum Gasteiger partial charge on any atom is -0.343 e. The summed E-state index contributed by atoms with van der Waals surface area (Å²) in [5, 5.41) is 8.65. The van der Waals surface area contributed by atoms with Crippen LogP contribution in [0.15, 0.2) is 18.2 Å². The van der Waals surface area contributed by atoms with Crippen molar-refractivity contribution in [2.45, 2.75) is 249 Å². The number of benzene rings is 1. The number of nitrogens with one attached hydrogen (secondary N) is 3. The van der Waals surface area contributed by atoms with Crippen LogP contribution >= 0.6 is 0 Å². The molecule has 24 nitrogen and oxygen atoms in total. The fourth-order valence-corrected chi connectivity index (χ4v) is 15.5. The van der Waals surface area contributed by atoms with Gasteiger partial charge in [0.15, 0.2) is 0 Å². The number of carbonyl (C=O) groups is 12. The fourth-order valence-electron chi connectivity index (χ4n) is 15.5. The Morgan fingerprint density at radius 3 is 1.84 bits per heavy atom. The molecule has 4 saturated heterocycles. The summed E-state index contributed by atoms with van der Waals surface area (Å²) < 4.78 is 56.2. The lowest BCUT2D eigenvalue weighted by Gasteiger charge is -2.45. The van der Waals surface area contributed by atoms with Gasteiger partial charge in [0.2, 0.25) is 70.9 Å². The van der Waals surface area contributed by atoms with Crippen LogP contribution in [0.4, 0.5) is 17.6 Å². The van der Waals surface area contributed by atoms with E-state index in [-0.39, 0.29) is 81.9 Å². The number of aryl methyl sites for hydroxylation is 1. The van der Waals surface area contributed by atoms with Crippen LogP contribution in [0, 0.1) is 29.5 Å². The van der Waals surface area contributed by atoms with Crippen molar-refractivity contribution in [3.8, 4) is 0 Å². The van der Waals surface area contributed by atoms with E-state index in [1.807, 2.05) is 20.8 Å².